The summed E-state index contributed by atoms with van der Waals surface area (Å²) in [5.74, 6) is 0.0506. The van der Waals surface area contributed by atoms with Crippen LogP contribution in [-0.2, 0) is 0 Å². The fraction of sp³-hybridized carbons (Fsp3) is 0.357. The summed E-state index contributed by atoms with van der Waals surface area (Å²) in [7, 11) is 1.82. The number of rotatable bonds is 2. The largest absolute Gasteiger partial charge is 0.387 e. The number of aryl methyl sites for hydroxylation is 1. The number of benzene rings is 1. The van der Waals surface area contributed by atoms with Gasteiger partial charge in [-0.3, -0.25) is 4.98 Å². The first kappa shape index (κ1) is 13.3. The molecule has 0 spiro atoms. The standard InChI is InChI=1S/C14H16BrFN2/c1-7(2)11-8(3)18-13-9(15)5-6-10(16)12(13)14(11)17-4/h5-7H,1-4H3,(H,17,18). The molecule has 0 fully saturated rings. The molecule has 0 aliphatic heterocycles. The Morgan fingerprint density at radius 2 is 2.00 bits per heavy atom. The summed E-state index contributed by atoms with van der Waals surface area (Å²) >= 11 is 3.43. The van der Waals surface area contributed by atoms with Gasteiger partial charge in [-0.1, -0.05) is 13.8 Å². The third kappa shape index (κ3) is 1.99. The smallest absolute Gasteiger partial charge is 0.134 e. The van der Waals surface area contributed by atoms with Crippen LogP contribution in [0.2, 0.25) is 0 Å². The third-order valence-electron chi connectivity index (χ3n) is 3.09. The summed E-state index contributed by atoms with van der Waals surface area (Å²) in [6.07, 6.45) is 0. The van der Waals surface area contributed by atoms with Gasteiger partial charge in [-0.05, 0) is 46.5 Å². The fourth-order valence-electron chi connectivity index (χ4n) is 2.40. The highest BCUT2D eigenvalue weighted by atomic mass is 79.9. The molecular formula is C14H16BrFN2. The average Bonchev–Trinajstić information content (AvgIpc) is 2.32. The van der Waals surface area contributed by atoms with Gasteiger partial charge in [0.25, 0.3) is 0 Å². The van der Waals surface area contributed by atoms with Gasteiger partial charge in [0.15, 0.2) is 0 Å². The van der Waals surface area contributed by atoms with E-state index < -0.39 is 0 Å². The van der Waals surface area contributed by atoms with Crippen LogP contribution in [0.15, 0.2) is 16.6 Å². The van der Waals surface area contributed by atoms with Crippen molar-refractivity contribution in [1.82, 2.24) is 4.98 Å². The van der Waals surface area contributed by atoms with Gasteiger partial charge in [-0.25, -0.2) is 4.39 Å². The van der Waals surface area contributed by atoms with E-state index in [9.17, 15) is 4.39 Å². The van der Waals surface area contributed by atoms with E-state index in [1.54, 1.807) is 6.07 Å². The maximum atomic E-state index is 14.1. The van der Waals surface area contributed by atoms with E-state index in [0.29, 0.717) is 16.8 Å². The second kappa shape index (κ2) is 4.84. The van der Waals surface area contributed by atoms with Gasteiger partial charge in [0.1, 0.15) is 5.82 Å². The van der Waals surface area contributed by atoms with Gasteiger partial charge in [0.05, 0.1) is 16.6 Å². The quantitative estimate of drug-likeness (QED) is 0.876. The Balaban J connectivity index is 2.99. The molecule has 0 radical (unpaired) electrons. The van der Waals surface area contributed by atoms with E-state index in [-0.39, 0.29) is 5.82 Å². The van der Waals surface area contributed by atoms with Gasteiger partial charge in [0, 0.05) is 17.2 Å². The maximum Gasteiger partial charge on any atom is 0.134 e. The van der Waals surface area contributed by atoms with Crippen molar-refractivity contribution >= 4 is 32.5 Å². The lowest BCUT2D eigenvalue weighted by Crippen LogP contribution is -2.05. The summed E-state index contributed by atoms with van der Waals surface area (Å²) in [6, 6.07) is 3.16. The molecule has 2 aromatic rings. The Morgan fingerprint density at radius 1 is 1.33 bits per heavy atom. The second-order valence-corrected chi connectivity index (χ2v) is 5.50. The molecule has 0 saturated heterocycles. The number of halogens is 2. The molecule has 0 aliphatic rings. The summed E-state index contributed by atoms with van der Waals surface area (Å²) in [5, 5.41) is 3.68. The minimum Gasteiger partial charge on any atom is -0.387 e. The Kier molecular flexibility index (Phi) is 3.57. The molecule has 0 amide bonds. The number of nitrogens with one attached hydrogen (secondary N) is 1. The van der Waals surface area contributed by atoms with Crippen molar-refractivity contribution in [3.63, 3.8) is 0 Å². The van der Waals surface area contributed by atoms with Gasteiger partial charge in [-0.2, -0.15) is 0 Å². The van der Waals surface area contributed by atoms with Crippen LogP contribution in [0.3, 0.4) is 0 Å². The Morgan fingerprint density at radius 3 is 2.56 bits per heavy atom. The summed E-state index contributed by atoms with van der Waals surface area (Å²) < 4.78 is 14.9. The molecule has 18 heavy (non-hydrogen) atoms. The van der Waals surface area contributed by atoms with Crippen molar-refractivity contribution in [2.24, 2.45) is 0 Å². The second-order valence-electron chi connectivity index (χ2n) is 4.64. The number of pyridine rings is 1. The number of hydrogen-bond acceptors (Lipinski definition) is 2. The molecule has 1 heterocycles. The first-order chi connectivity index (χ1) is 8.47. The minimum atomic E-state index is -0.244. The van der Waals surface area contributed by atoms with Crippen molar-refractivity contribution in [2.75, 3.05) is 12.4 Å². The molecular weight excluding hydrogens is 295 g/mol. The molecule has 0 unspecified atom stereocenters. The van der Waals surface area contributed by atoms with Crippen LogP contribution in [0.5, 0.6) is 0 Å². The first-order valence-corrected chi connectivity index (χ1v) is 6.72. The summed E-state index contributed by atoms with van der Waals surface area (Å²) in [6.45, 7) is 6.14. The van der Waals surface area contributed by atoms with Crippen LogP contribution in [-0.4, -0.2) is 12.0 Å². The lowest BCUT2D eigenvalue weighted by atomic mass is 9.96. The molecule has 2 rings (SSSR count). The third-order valence-corrected chi connectivity index (χ3v) is 3.73. The maximum absolute atomic E-state index is 14.1. The molecule has 4 heteroatoms. The number of aromatic nitrogens is 1. The molecule has 1 aromatic carbocycles. The highest BCUT2D eigenvalue weighted by molar-refractivity contribution is 9.10. The Labute approximate surface area is 115 Å². The fourth-order valence-corrected chi connectivity index (χ4v) is 2.82. The van der Waals surface area contributed by atoms with Crippen molar-refractivity contribution in [1.29, 1.82) is 0 Å². The SMILES string of the molecule is CNc1c(C(C)C)c(C)nc2c(Br)ccc(F)c12. The Hall–Kier alpha value is -1.16. The van der Waals surface area contributed by atoms with E-state index >= 15 is 0 Å². The van der Waals surface area contributed by atoms with Crippen molar-refractivity contribution in [2.45, 2.75) is 26.7 Å². The molecule has 0 atom stereocenters. The van der Waals surface area contributed by atoms with Gasteiger partial charge >= 0.3 is 0 Å². The zero-order chi connectivity index (χ0) is 13.4. The Bertz CT molecular complexity index is 609. The topological polar surface area (TPSA) is 24.9 Å². The molecule has 0 bridgehead atoms. The van der Waals surface area contributed by atoms with Crippen molar-refractivity contribution in [3.05, 3.63) is 33.7 Å². The zero-order valence-electron chi connectivity index (χ0n) is 10.9. The molecule has 0 saturated carbocycles. The van der Waals surface area contributed by atoms with E-state index in [0.717, 1.165) is 21.4 Å². The molecule has 0 aliphatic carbocycles. The van der Waals surface area contributed by atoms with Crippen LogP contribution in [0, 0.1) is 12.7 Å². The van der Waals surface area contributed by atoms with E-state index in [2.05, 4.69) is 40.1 Å². The van der Waals surface area contributed by atoms with E-state index in [1.165, 1.54) is 6.07 Å². The highest BCUT2D eigenvalue weighted by Crippen LogP contribution is 2.37. The number of anilines is 1. The van der Waals surface area contributed by atoms with Crippen LogP contribution in [0.1, 0.15) is 31.0 Å². The van der Waals surface area contributed by atoms with Gasteiger partial charge in [-0.15, -0.1) is 0 Å². The van der Waals surface area contributed by atoms with Crippen LogP contribution in [0.25, 0.3) is 10.9 Å². The van der Waals surface area contributed by atoms with E-state index in [1.807, 2.05) is 14.0 Å². The lowest BCUT2D eigenvalue weighted by molar-refractivity contribution is 0.639. The van der Waals surface area contributed by atoms with Crippen LogP contribution < -0.4 is 5.32 Å². The lowest BCUT2D eigenvalue weighted by Gasteiger charge is -2.18. The molecule has 2 nitrogen and oxygen atoms in total. The zero-order valence-corrected chi connectivity index (χ0v) is 12.5. The van der Waals surface area contributed by atoms with Crippen LogP contribution >= 0.6 is 15.9 Å². The predicted molar refractivity (Wildman–Crippen MR) is 77.8 cm³/mol. The molecule has 96 valence electrons. The van der Waals surface area contributed by atoms with Crippen molar-refractivity contribution < 1.29 is 4.39 Å². The minimum absolute atomic E-state index is 0.244. The van der Waals surface area contributed by atoms with Gasteiger partial charge < -0.3 is 5.32 Å². The molecule has 1 aromatic heterocycles. The van der Waals surface area contributed by atoms with Gasteiger partial charge in [0.2, 0.25) is 0 Å². The van der Waals surface area contributed by atoms with Crippen LogP contribution in [0.4, 0.5) is 10.1 Å². The first-order valence-electron chi connectivity index (χ1n) is 5.93. The summed E-state index contributed by atoms with van der Waals surface area (Å²) in [4.78, 5) is 4.54. The monoisotopic (exact) mass is 310 g/mol. The van der Waals surface area contributed by atoms with E-state index in [4.69, 9.17) is 0 Å². The predicted octanol–water partition coefficient (Wildman–Crippen LogP) is 4.61. The average molecular weight is 311 g/mol. The normalized spacial score (nSPS) is 11.3. The molecule has 1 N–H and O–H groups in total. The summed E-state index contributed by atoms with van der Waals surface area (Å²) in [5.41, 5.74) is 3.52. The number of fused-ring (bicyclic) bond motifs is 1. The number of nitrogens with zero attached hydrogens (tertiary/aromatic N) is 1. The van der Waals surface area contributed by atoms with Crippen molar-refractivity contribution in [3.8, 4) is 0 Å². The highest BCUT2D eigenvalue weighted by Gasteiger charge is 2.18. The number of hydrogen-bond donors (Lipinski definition) is 1.